The Morgan fingerprint density at radius 2 is 1.71 bits per heavy atom. The van der Waals surface area contributed by atoms with E-state index >= 15 is 0 Å². The van der Waals surface area contributed by atoms with Gasteiger partial charge in [0.05, 0.1) is 11.0 Å². The van der Waals surface area contributed by atoms with Crippen molar-refractivity contribution in [2.75, 3.05) is 14.2 Å². The second kappa shape index (κ2) is 5.09. The van der Waals surface area contributed by atoms with Gasteiger partial charge < -0.3 is 9.47 Å². The Balaban J connectivity index is 2.44. The molecule has 6 heteroatoms. The molecule has 5 nitrogen and oxygen atoms in total. The maximum absolute atomic E-state index is 12.8. The van der Waals surface area contributed by atoms with Crippen LogP contribution in [-0.4, -0.2) is 33.2 Å². The minimum Gasteiger partial charge on any atom is -0.353 e. The first kappa shape index (κ1) is 16.0. The van der Waals surface area contributed by atoms with Crippen LogP contribution < -0.4 is 0 Å². The lowest BCUT2D eigenvalue weighted by Crippen LogP contribution is -2.61. The molecule has 1 aromatic rings. The molecule has 0 spiro atoms. The summed E-state index contributed by atoms with van der Waals surface area (Å²) in [6.45, 7) is 3.76. The fourth-order valence-electron chi connectivity index (χ4n) is 2.63. The summed E-state index contributed by atoms with van der Waals surface area (Å²) < 4.78 is 34.6. The Morgan fingerprint density at radius 3 is 2.14 bits per heavy atom. The van der Waals surface area contributed by atoms with Crippen LogP contribution >= 0.6 is 0 Å². The smallest absolute Gasteiger partial charge is 0.197 e. The molecule has 114 valence electrons. The topological polar surface area (TPSA) is 76.4 Å². The normalized spacial score (nSPS) is 19.6. The molecule has 21 heavy (non-hydrogen) atoms. The van der Waals surface area contributed by atoms with Crippen LogP contribution in [0.4, 0.5) is 0 Å². The first-order valence-corrected chi connectivity index (χ1v) is 8.08. The van der Waals surface area contributed by atoms with Gasteiger partial charge in [0, 0.05) is 27.1 Å². The Bertz CT molecular complexity index is 691. The molecule has 1 aliphatic carbocycles. The maximum Gasteiger partial charge on any atom is 0.197 e. The minimum absolute atomic E-state index is 0.0127. The Kier molecular flexibility index (Phi) is 3.87. The molecule has 0 radical (unpaired) electrons. The summed E-state index contributed by atoms with van der Waals surface area (Å²) in [5, 5.41) is 9.44. The highest BCUT2D eigenvalue weighted by atomic mass is 32.2. The summed E-state index contributed by atoms with van der Waals surface area (Å²) in [7, 11) is -0.862. The summed E-state index contributed by atoms with van der Waals surface area (Å²) in [6, 6.07) is 6.89. The predicted molar refractivity (Wildman–Crippen MR) is 77.4 cm³/mol. The summed E-state index contributed by atoms with van der Waals surface area (Å²) >= 11 is 0. The van der Waals surface area contributed by atoms with Gasteiger partial charge in [0.25, 0.3) is 0 Å². The van der Waals surface area contributed by atoms with Crippen LogP contribution in [-0.2, 0) is 19.3 Å². The molecule has 1 aliphatic rings. The van der Waals surface area contributed by atoms with E-state index in [1.165, 1.54) is 14.2 Å². The van der Waals surface area contributed by atoms with Gasteiger partial charge in [-0.2, -0.15) is 5.26 Å². The van der Waals surface area contributed by atoms with Crippen molar-refractivity contribution in [3.8, 4) is 6.07 Å². The number of aryl methyl sites for hydroxylation is 2. The van der Waals surface area contributed by atoms with Gasteiger partial charge in [0.15, 0.2) is 20.4 Å². The van der Waals surface area contributed by atoms with Crippen molar-refractivity contribution in [2.24, 2.45) is 0 Å². The zero-order chi connectivity index (χ0) is 15.9. The third-order valence-corrected chi connectivity index (χ3v) is 6.64. The standard InChI is InChI=1S/C15H19NO4S/c1-11-5-6-13(7-12(11)2)21(17,18)14(10-16)8-15(9-14,19-3)20-4/h5-7H,8-9H2,1-4H3. The van der Waals surface area contributed by atoms with Gasteiger partial charge in [0.2, 0.25) is 0 Å². The average Bonchev–Trinajstić information content (AvgIpc) is 2.42. The Labute approximate surface area is 125 Å². The highest BCUT2D eigenvalue weighted by Crippen LogP contribution is 2.50. The summed E-state index contributed by atoms with van der Waals surface area (Å²) in [6.07, 6.45) is 0.0253. The molecule has 0 saturated heterocycles. The van der Waals surface area contributed by atoms with E-state index < -0.39 is 20.4 Å². The van der Waals surface area contributed by atoms with Crippen molar-refractivity contribution in [2.45, 2.75) is 42.1 Å². The number of hydrogen-bond acceptors (Lipinski definition) is 5. The number of nitriles is 1. The lowest BCUT2D eigenvalue weighted by atomic mass is 9.78. The third kappa shape index (κ3) is 2.26. The van der Waals surface area contributed by atoms with Crippen LogP contribution in [0.3, 0.4) is 0 Å². The molecule has 0 atom stereocenters. The molecule has 0 N–H and O–H groups in total. The highest BCUT2D eigenvalue weighted by molar-refractivity contribution is 7.93. The molecule has 0 heterocycles. The average molecular weight is 309 g/mol. The number of methoxy groups -OCH3 is 2. The van der Waals surface area contributed by atoms with Gasteiger partial charge in [-0.1, -0.05) is 6.07 Å². The molecule has 0 aliphatic heterocycles. The maximum atomic E-state index is 12.8. The third-order valence-electron chi connectivity index (χ3n) is 4.36. The van der Waals surface area contributed by atoms with Crippen molar-refractivity contribution in [3.63, 3.8) is 0 Å². The fourth-order valence-corrected chi connectivity index (χ4v) is 4.60. The van der Waals surface area contributed by atoms with E-state index in [0.29, 0.717) is 0 Å². The summed E-state index contributed by atoms with van der Waals surface area (Å²) in [5.74, 6) is -0.984. The number of rotatable bonds is 4. The van der Waals surface area contributed by atoms with Crippen molar-refractivity contribution < 1.29 is 17.9 Å². The largest absolute Gasteiger partial charge is 0.353 e. The van der Waals surface area contributed by atoms with Crippen LogP contribution in [0, 0.1) is 25.2 Å². The van der Waals surface area contributed by atoms with Gasteiger partial charge in [-0.25, -0.2) is 8.42 Å². The molecule has 0 bridgehead atoms. The molecular formula is C15H19NO4S. The highest BCUT2D eigenvalue weighted by Gasteiger charge is 2.64. The lowest BCUT2D eigenvalue weighted by Gasteiger charge is -2.49. The number of sulfone groups is 1. The summed E-state index contributed by atoms with van der Waals surface area (Å²) in [4.78, 5) is 0.174. The first-order chi connectivity index (χ1) is 9.76. The van der Waals surface area contributed by atoms with Crippen LogP contribution in [0.25, 0.3) is 0 Å². The zero-order valence-corrected chi connectivity index (χ0v) is 13.5. The van der Waals surface area contributed by atoms with E-state index in [2.05, 4.69) is 0 Å². The summed E-state index contributed by atoms with van der Waals surface area (Å²) in [5.41, 5.74) is 1.89. The van der Waals surface area contributed by atoms with Crippen LogP contribution in [0.2, 0.25) is 0 Å². The minimum atomic E-state index is -3.77. The van der Waals surface area contributed by atoms with E-state index in [9.17, 15) is 13.7 Å². The van der Waals surface area contributed by atoms with E-state index in [4.69, 9.17) is 9.47 Å². The fraction of sp³-hybridized carbons (Fsp3) is 0.533. The van der Waals surface area contributed by atoms with Crippen LogP contribution in [0.1, 0.15) is 24.0 Å². The molecule has 0 amide bonds. The molecule has 0 aromatic heterocycles. The molecular weight excluding hydrogens is 290 g/mol. The second-order valence-electron chi connectivity index (χ2n) is 5.53. The van der Waals surface area contributed by atoms with Crippen molar-refractivity contribution in [1.82, 2.24) is 0 Å². The molecule has 1 saturated carbocycles. The predicted octanol–water partition coefficient (Wildman–Crippen LogP) is 2.12. The SMILES string of the molecule is COC1(OC)CC(C#N)(S(=O)(=O)c2ccc(C)c(C)c2)C1. The van der Waals surface area contributed by atoms with Crippen LogP contribution in [0.15, 0.2) is 23.1 Å². The van der Waals surface area contributed by atoms with Crippen molar-refractivity contribution in [1.29, 1.82) is 5.26 Å². The Morgan fingerprint density at radius 1 is 1.14 bits per heavy atom. The number of benzene rings is 1. The van der Waals surface area contributed by atoms with E-state index in [-0.39, 0.29) is 17.7 Å². The van der Waals surface area contributed by atoms with Crippen molar-refractivity contribution in [3.05, 3.63) is 29.3 Å². The number of hydrogen-bond donors (Lipinski definition) is 0. The zero-order valence-electron chi connectivity index (χ0n) is 12.6. The monoisotopic (exact) mass is 309 g/mol. The molecule has 1 fully saturated rings. The first-order valence-electron chi connectivity index (χ1n) is 6.59. The molecule has 1 aromatic carbocycles. The lowest BCUT2D eigenvalue weighted by molar-refractivity contribution is -0.256. The van der Waals surface area contributed by atoms with E-state index in [0.717, 1.165) is 11.1 Å². The van der Waals surface area contributed by atoms with Crippen LogP contribution in [0.5, 0.6) is 0 Å². The van der Waals surface area contributed by atoms with E-state index in [1.807, 2.05) is 19.9 Å². The molecule has 2 rings (SSSR count). The number of nitrogens with zero attached hydrogens (tertiary/aromatic N) is 1. The quantitative estimate of drug-likeness (QED) is 0.796. The van der Waals surface area contributed by atoms with Gasteiger partial charge in [0.1, 0.15) is 0 Å². The van der Waals surface area contributed by atoms with Gasteiger partial charge in [-0.3, -0.25) is 0 Å². The second-order valence-corrected chi connectivity index (χ2v) is 7.79. The Hall–Kier alpha value is -1.42. The molecule has 0 unspecified atom stereocenters. The van der Waals surface area contributed by atoms with Gasteiger partial charge in [-0.15, -0.1) is 0 Å². The van der Waals surface area contributed by atoms with Gasteiger partial charge >= 0.3 is 0 Å². The van der Waals surface area contributed by atoms with Gasteiger partial charge in [-0.05, 0) is 37.1 Å². The number of ether oxygens (including phenoxy) is 2. The van der Waals surface area contributed by atoms with Crippen molar-refractivity contribution >= 4 is 9.84 Å². The van der Waals surface area contributed by atoms with E-state index in [1.54, 1.807) is 18.2 Å².